The molecule has 1 aliphatic heterocycles. The third-order valence-corrected chi connectivity index (χ3v) is 4.60. The largest absolute Gasteiger partial charge is 0.504 e. The summed E-state index contributed by atoms with van der Waals surface area (Å²) >= 11 is 3.16. The van der Waals surface area contributed by atoms with Crippen LogP contribution in [0.5, 0.6) is 17.2 Å². The van der Waals surface area contributed by atoms with Crippen LogP contribution in [0.25, 0.3) is 0 Å². The summed E-state index contributed by atoms with van der Waals surface area (Å²) in [5.41, 5.74) is 0.0625. The van der Waals surface area contributed by atoms with E-state index in [1.54, 1.807) is 17.0 Å². The minimum absolute atomic E-state index is 0.0625. The summed E-state index contributed by atoms with van der Waals surface area (Å²) < 4.78 is 5.76. The van der Waals surface area contributed by atoms with E-state index in [0.29, 0.717) is 37.3 Å². The molecule has 2 heterocycles. The molecule has 0 saturated carbocycles. The maximum Gasteiger partial charge on any atom is 0.289 e. The maximum absolute atomic E-state index is 12.6. The second-order valence-corrected chi connectivity index (χ2v) is 6.69. The van der Waals surface area contributed by atoms with Crippen LogP contribution < -0.4 is 0 Å². The average molecular weight is 425 g/mol. The summed E-state index contributed by atoms with van der Waals surface area (Å²) in [6, 6.07) is 5.43. The molecule has 1 fully saturated rings. The van der Waals surface area contributed by atoms with Crippen molar-refractivity contribution in [3.05, 3.63) is 40.3 Å². The zero-order chi connectivity index (χ0) is 18.8. The van der Waals surface area contributed by atoms with E-state index >= 15 is 0 Å². The van der Waals surface area contributed by atoms with Gasteiger partial charge < -0.3 is 29.5 Å². The molecule has 9 heteroatoms. The summed E-state index contributed by atoms with van der Waals surface area (Å²) in [4.78, 5) is 28.2. The number of phenolic OH excluding ortho intramolecular Hbond substituents is 3. The molecule has 138 valence electrons. The van der Waals surface area contributed by atoms with Crippen molar-refractivity contribution in [2.24, 2.45) is 0 Å². The molecule has 1 saturated heterocycles. The number of benzene rings is 1. The van der Waals surface area contributed by atoms with Crippen LogP contribution in [0.1, 0.15) is 27.3 Å². The van der Waals surface area contributed by atoms with Gasteiger partial charge in [-0.25, -0.2) is 0 Å². The van der Waals surface area contributed by atoms with Gasteiger partial charge in [-0.3, -0.25) is 9.59 Å². The van der Waals surface area contributed by atoms with Crippen LogP contribution in [0.4, 0.5) is 0 Å². The Morgan fingerprint density at radius 3 is 2.04 bits per heavy atom. The van der Waals surface area contributed by atoms with Gasteiger partial charge in [-0.05, 0) is 46.6 Å². The van der Waals surface area contributed by atoms with E-state index in [1.807, 2.05) is 0 Å². The number of hydrogen-bond donors (Lipinski definition) is 3. The fraction of sp³-hybridized carbons (Fsp3) is 0.294. The number of phenols is 3. The summed E-state index contributed by atoms with van der Waals surface area (Å²) in [7, 11) is 0. The van der Waals surface area contributed by atoms with Crippen LogP contribution in [0.15, 0.2) is 33.4 Å². The first kappa shape index (κ1) is 18.1. The van der Waals surface area contributed by atoms with Crippen molar-refractivity contribution in [1.29, 1.82) is 0 Å². The summed E-state index contributed by atoms with van der Waals surface area (Å²) in [5.74, 6) is -2.22. The van der Waals surface area contributed by atoms with E-state index in [0.717, 1.165) is 12.1 Å². The van der Waals surface area contributed by atoms with Crippen molar-refractivity contribution in [3.63, 3.8) is 0 Å². The zero-order valence-electron chi connectivity index (χ0n) is 13.7. The number of rotatable bonds is 2. The van der Waals surface area contributed by atoms with E-state index in [1.165, 1.54) is 4.90 Å². The molecular formula is C17H17BrN2O6. The van der Waals surface area contributed by atoms with E-state index in [4.69, 9.17) is 4.42 Å². The number of amides is 2. The molecule has 0 spiro atoms. The molecule has 0 bridgehead atoms. The van der Waals surface area contributed by atoms with E-state index in [-0.39, 0.29) is 17.2 Å². The van der Waals surface area contributed by atoms with Crippen molar-refractivity contribution < 1.29 is 29.3 Å². The Morgan fingerprint density at radius 1 is 0.923 bits per heavy atom. The van der Waals surface area contributed by atoms with Crippen LogP contribution in [-0.2, 0) is 0 Å². The molecule has 0 unspecified atom stereocenters. The first-order valence-corrected chi connectivity index (χ1v) is 8.75. The lowest BCUT2D eigenvalue weighted by molar-refractivity contribution is 0.0699. The molecule has 2 aromatic rings. The fourth-order valence-corrected chi connectivity index (χ4v) is 3.13. The molecule has 3 N–H and O–H groups in total. The fourth-order valence-electron chi connectivity index (χ4n) is 2.82. The van der Waals surface area contributed by atoms with Gasteiger partial charge in [0.2, 0.25) is 0 Å². The Kier molecular flexibility index (Phi) is 5.08. The standard InChI is InChI=1S/C17H17BrN2O6/c18-14-3-2-13(26-14)17(25)20-5-1-4-19(6-7-20)16(24)10-8-11(21)15(23)12(22)9-10/h2-3,8-9,21-23H,1,4-7H2. The molecule has 0 atom stereocenters. The third-order valence-electron chi connectivity index (χ3n) is 4.17. The molecular weight excluding hydrogens is 408 g/mol. The van der Waals surface area contributed by atoms with Gasteiger partial charge in [0.05, 0.1) is 0 Å². The normalized spacial score (nSPS) is 15.0. The van der Waals surface area contributed by atoms with E-state index in [9.17, 15) is 24.9 Å². The Balaban J connectivity index is 1.70. The molecule has 26 heavy (non-hydrogen) atoms. The van der Waals surface area contributed by atoms with Gasteiger partial charge in [-0.2, -0.15) is 0 Å². The van der Waals surface area contributed by atoms with Crippen molar-refractivity contribution in [2.45, 2.75) is 6.42 Å². The number of furan rings is 1. The average Bonchev–Trinajstić information content (AvgIpc) is 2.90. The Bertz CT molecular complexity index is 827. The number of carbonyl (C=O) groups is 2. The predicted molar refractivity (Wildman–Crippen MR) is 94.3 cm³/mol. The summed E-state index contributed by atoms with van der Waals surface area (Å²) in [6.45, 7) is 1.54. The topological polar surface area (TPSA) is 114 Å². The van der Waals surface area contributed by atoms with Crippen molar-refractivity contribution in [2.75, 3.05) is 26.2 Å². The highest BCUT2D eigenvalue weighted by Gasteiger charge is 2.26. The molecule has 2 amide bonds. The first-order chi connectivity index (χ1) is 12.4. The van der Waals surface area contributed by atoms with Crippen molar-refractivity contribution in [1.82, 2.24) is 9.80 Å². The summed E-state index contributed by atoms with van der Waals surface area (Å²) in [5, 5.41) is 28.5. The van der Waals surface area contributed by atoms with Gasteiger partial charge >= 0.3 is 0 Å². The molecule has 1 aromatic heterocycles. The Hall–Kier alpha value is -2.68. The third kappa shape index (κ3) is 3.62. The van der Waals surface area contributed by atoms with Gasteiger partial charge in [-0.1, -0.05) is 0 Å². The lowest BCUT2D eigenvalue weighted by Gasteiger charge is -2.22. The van der Waals surface area contributed by atoms with Crippen molar-refractivity contribution >= 4 is 27.7 Å². The van der Waals surface area contributed by atoms with E-state index in [2.05, 4.69) is 15.9 Å². The molecule has 0 aliphatic carbocycles. The summed E-state index contributed by atoms with van der Waals surface area (Å²) in [6.07, 6.45) is 0.579. The molecule has 1 aliphatic rings. The smallest absolute Gasteiger partial charge is 0.289 e. The minimum Gasteiger partial charge on any atom is -0.504 e. The lowest BCUT2D eigenvalue weighted by Crippen LogP contribution is -2.37. The molecule has 3 rings (SSSR count). The maximum atomic E-state index is 12.6. The Morgan fingerprint density at radius 2 is 1.50 bits per heavy atom. The molecule has 0 radical (unpaired) electrons. The lowest BCUT2D eigenvalue weighted by atomic mass is 10.1. The van der Waals surface area contributed by atoms with Crippen LogP contribution in [0.2, 0.25) is 0 Å². The number of hydrogen-bond acceptors (Lipinski definition) is 6. The number of nitrogens with zero attached hydrogens (tertiary/aromatic N) is 2. The quantitative estimate of drug-likeness (QED) is 0.636. The number of carbonyl (C=O) groups excluding carboxylic acids is 2. The van der Waals surface area contributed by atoms with Crippen molar-refractivity contribution in [3.8, 4) is 17.2 Å². The second kappa shape index (κ2) is 7.28. The highest BCUT2D eigenvalue weighted by Crippen LogP contribution is 2.35. The van der Waals surface area contributed by atoms with Crippen LogP contribution in [0, 0.1) is 0 Å². The Labute approximate surface area is 157 Å². The minimum atomic E-state index is -0.668. The van der Waals surface area contributed by atoms with Gasteiger partial charge in [0.25, 0.3) is 11.8 Å². The zero-order valence-corrected chi connectivity index (χ0v) is 15.3. The molecule has 8 nitrogen and oxygen atoms in total. The highest BCUT2D eigenvalue weighted by atomic mass is 79.9. The van der Waals surface area contributed by atoms with Gasteiger partial charge in [0, 0.05) is 31.7 Å². The van der Waals surface area contributed by atoms with E-state index < -0.39 is 23.2 Å². The van der Waals surface area contributed by atoms with Crippen LogP contribution >= 0.6 is 15.9 Å². The monoisotopic (exact) mass is 424 g/mol. The van der Waals surface area contributed by atoms with Crippen LogP contribution in [0.3, 0.4) is 0 Å². The molecule has 1 aromatic carbocycles. The highest BCUT2D eigenvalue weighted by molar-refractivity contribution is 9.10. The van der Waals surface area contributed by atoms with Crippen LogP contribution in [-0.4, -0.2) is 63.1 Å². The predicted octanol–water partition coefficient (Wildman–Crippen LogP) is 2.15. The SMILES string of the molecule is O=C(c1cc(O)c(O)c(O)c1)N1CCCN(C(=O)c2ccc(Br)o2)CC1. The first-order valence-electron chi connectivity index (χ1n) is 7.95. The second-order valence-electron chi connectivity index (χ2n) is 5.90. The van der Waals surface area contributed by atoms with Gasteiger partial charge in [0.1, 0.15) is 0 Å². The number of halogens is 1. The van der Waals surface area contributed by atoms with Gasteiger partial charge in [0.15, 0.2) is 27.7 Å². The number of aromatic hydroxyl groups is 3. The van der Waals surface area contributed by atoms with Gasteiger partial charge in [-0.15, -0.1) is 0 Å².